The average molecular weight is 383 g/mol. The second-order valence-electron chi connectivity index (χ2n) is 5.54. The quantitative estimate of drug-likeness (QED) is 0.722. The second-order valence-corrected chi connectivity index (χ2v) is 7.43. The number of hydrogen-bond acceptors (Lipinski definition) is 3. The minimum absolute atomic E-state index is 0.259. The third-order valence-electron chi connectivity index (χ3n) is 3.24. The number of hydrogen-bond donors (Lipinski definition) is 1. The van der Waals surface area contributed by atoms with Crippen molar-refractivity contribution in [3.63, 3.8) is 0 Å². The van der Waals surface area contributed by atoms with Crippen molar-refractivity contribution in [3.05, 3.63) is 56.7 Å². The predicted molar refractivity (Wildman–Crippen MR) is 92.3 cm³/mol. The van der Waals surface area contributed by atoms with E-state index in [1.54, 1.807) is 11.3 Å². The van der Waals surface area contributed by atoms with Gasteiger partial charge in [0, 0.05) is 9.35 Å². The lowest BCUT2D eigenvalue weighted by molar-refractivity contribution is -0.154. The summed E-state index contributed by atoms with van der Waals surface area (Å²) in [6.07, 6.45) is -0.669. The molecule has 2 aromatic rings. The van der Waals surface area contributed by atoms with E-state index in [2.05, 4.69) is 15.9 Å². The molecule has 2 rings (SSSR count). The van der Waals surface area contributed by atoms with Crippen LogP contribution in [0.2, 0.25) is 0 Å². The zero-order valence-corrected chi connectivity index (χ0v) is 14.9. The number of benzene rings is 1. The number of thiophene rings is 1. The molecular weight excluding hydrogens is 364 g/mol. The first-order valence-electron chi connectivity index (χ1n) is 7.14. The molecule has 0 saturated heterocycles. The highest BCUT2D eigenvalue weighted by molar-refractivity contribution is 9.10. The molecule has 0 bridgehead atoms. The van der Waals surface area contributed by atoms with Gasteiger partial charge in [-0.1, -0.05) is 48.0 Å². The Bertz CT molecular complexity index is 593. The van der Waals surface area contributed by atoms with Gasteiger partial charge in [0.1, 0.15) is 6.10 Å². The summed E-state index contributed by atoms with van der Waals surface area (Å²) in [5.41, 5.74) is 0.959. The second kappa shape index (κ2) is 7.90. The van der Waals surface area contributed by atoms with E-state index in [4.69, 9.17) is 4.74 Å². The van der Waals surface area contributed by atoms with Crippen molar-refractivity contribution in [2.75, 3.05) is 0 Å². The van der Waals surface area contributed by atoms with Crippen LogP contribution in [0.5, 0.6) is 0 Å². The van der Waals surface area contributed by atoms with Crippen molar-refractivity contribution in [1.29, 1.82) is 0 Å². The van der Waals surface area contributed by atoms with Gasteiger partial charge >= 0.3 is 5.97 Å². The summed E-state index contributed by atoms with van der Waals surface area (Å²) in [7, 11) is 0. The largest absolute Gasteiger partial charge is 0.479 e. The van der Waals surface area contributed by atoms with E-state index in [1.807, 2.05) is 55.6 Å². The minimum Gasteiger partial charge on any atom is -0.479 e. The number of carboxylic acid groups (broad SMARTS) is 1. The number of rotatable bonds is 7. The molecule has 22 heavy (non-hydrogen) atoms. The SMILES string of the molecule is CC(C)C[C@H](O[C@@H](c1ccc(Br)cc1)c1cccs1)C(=O)O. The molecule has 3 nitrogen and oxygen atoms in total. The van der Waals surface area contributed by atoms with E-state index in [9.17, 15) is 9.90 Å². The summed E-state index contributed by atoms with van der Waals surface area (Å²) in [6, 6.07) is 11.7. The van der Waals surface area contributed by atoms with E-state index < -0.39 is 12.1 Å². The van der Waals surface area contributed by atoms with Gasteiger partial charge in [0.15, 0.2) is 6.10 Å². The lowest BCUT2D eigenvalue weighted by Gasteiger charge is -2.23. The van der Waals surface area contributed by atoms with Crippen molar-refractivity contribution < 1.29 is 14.6 Å². The zero-order valence-electron chi connectivity index (χ0n) is 12.5. The van der Waals surface area contributed by atoms with E-state index in [0.29, 0.717) is 6.42 Å². The number of carbonyl (C=O) groups is 1. The van der Waals surface area contributed by atoms with Gasteiger partial charge in [0.05, 0.1) is 0 Å². The van der Waals surface area contributed by atoms with Gasteiger partial charge < -0.3 is 9.84 Å². The molecule has 0 aliphatic carbocycles. The highest BCUT2D eigenvalue weighted by atomic mass is 79.9. The van der Waals surface area contributed by atoms with Gasteiger partial charge in [-0.25, -0.2) is 4.79 Å². The van der Waals surface area contributed by atoms with Crippen LogP contribution in [0.3, 0.4) is 0 Å². The standard InChI is InChI=1S/C17H19BrO3S/c1-11(2)10-14(17(19)20)21-16(15-4-3-9-22-15)12-5-7-13(18)8-6-12/h3-9,11,14,16H,10H2,1-2H3,(H,19,20)/t14-,16-/m0/s1. The maximum absolute atomic E-state index is 11.5. The fourth-order valence-electron chi connectivity index (χ4n) is 2.19. The van der Waals surface area contributed by atoms with Crippen LogP contribution in [0.25, 0.3) is 0 Å². The predicted octanol–water partition coefficient (Wildman–Crippen LogP) is 5.12. The van der Waals surface area contributed by atoms with Gasteiger partial charge in [0.25, 0.3) is 0 Å². The molecule has 1 aromatic carbocycles. The highest BCUT2D eigenvalue weighted by Gasteiger charge is 2.26. The molecule has 0 fully saturated rings. The molecule has 1 aromatic heterocycles. The lowest BCUT2D eigenvalue weighted by atomic mass is 10.0. The van der Waals surface area contributed by atoms with Crippen molar-refractivity contribution in [2.24, 2.45) is 5.92 Å². The van der Waals surface area contributed by atoms with Crippen LogP contribution in [0.4, 0.5) is 0 Å². The summed E-state index contributed by atoms with van der Waals surface area (Å²) in [5, 5.41) is 11.4. The third kappa shape index (κ3) is 4.66. The molecule has 0 amide bonds. The normalized spacial score (nSPS) is 14.0. The molecule has 5 heteroatoms. The maximum atomic E-state index is 11.5. The monoisotopic (exact) mass is 382 g/mol. The van der Waals surface area contributed by atoms with Gasteiger partial charge in [-0.3, -0.25) is 0 Å². The Morgan fingerprint density at radius 1 is 1.27 bits per heavy atom. The molecule has 0 saturated carbocycles. The Morgan fingerprint density at radius 3 is 2.45 bits per heavy atom. The molecule has 0 unspecified atom stereocenters. The smallest absolute Gasteiger partial charge is 0.332 e. The molecule has 118 valence electrons. The van der Waals surface area contributed by atoms with Crippen LogP contribution in [-0.2, 0) is 9.53 Å². The van der Waals surface area contributed by atoms with E-state index in [0.717, 1.165) is 14.9 Å². The van der Waals surface area contributed by atoms with Gasteiger partial charge in [0.2, 0.25) is 0 Å². The number of ether oxygens (including phenoxy) is 1. The molecule has 0 aliphatic rings. The van der Waals surface area contributed by atoms with Crippen molar-refractivity contribution >= 4 is 33.2 Å². The van der Waals surface area contributed by atoms with Gasteiger partial charge in [-0.2, -0.15) is 0 Å². The first-order chi connectivity index (χ1) is 10.5. The topological polar surface area (TPSA) is 46.5 Å². The highest BCUT2D eigenvalue weighted by Crippen LogP contribution is 2.32. The Morgan fingerprint density at radius 2 is 1.95 bits per heavy atom. The molecule has 0 radical (unpaired) electrons. The summed E-state index contributed by atoms with van der Waals surface area (Å²) >= 11 is 4.99. The van der Waals surface area contributed by atoms with Gasteiger partial charge in [-0.15, -0.1) is 11.3 Å². The Balaban J connectivity index is 2.28. The van der Waals surface area contributed by atoms with Crippen molar-refractivity contribution in [1.82, 2.24) is 0 Å². The summed E-state index contributed by atoms with van der Waals surface area (Å²) in [5.74, 6) is -0.651. The zero-order chi connectivity index (χ0) is 16.1. The summed E-state index contributed by atoms with van der Waals surface area (Å²) < 4.78 is 6.97. The minimum atomic E-state index is -0.910. The summed E-state index contributed by atoms with van der Waals surface area (Å²) in [4.78, 5) is 12.5. The van der Waals surface area contributed by atoms with Crippen LogP contribution >= 0.6 is 27.3 Å². The van der Waals surface area contributed by atoms with E-state index in [1.165, 1.54) is 0 Å². The molecule has 2 atom stereocenters. The number of carboxylic acids is 1. The fraction of sp³-hybridized carbons (Fsp3) is 0.353. The molecule has 0 spiro atoms. The van der Waals surface area contributed by atoms with Crippen LogP contribution < -0.4 is 0 Å². The van der Waals surface area contributed by atoms with Crippen LogP contribution in [0, 0.1) is 5.92 Å². The Kier molecular flexibility index (Phi) is 6.17. The van der Waals surface area contributed by atoms with Crippen LogP contribution in [0.1, 0.15) is 36.8 Å². The lowest BCUT2D eigenvalue weighted by Crippen LogP contribution is -2.27. The third-order valence-corrected chi connectivity index (χ3v) is 4.68. The fourth-order valence-corrected chi connectivity index (χ4v) is 3.25. The first-order valence-corrected chi connectivity index (χ1v) is 8.81. The van der Waals surface area contributed by atoms with Crippen LogP contribution in [0.15, 0.2) is 46.3 Å². The first kappa shape index (κ1) is 17.2. The van der Waals surface area contributed by atoms with E-state index >= 15 is 0 Å². The molecule has 1 heterocycles. The van der Waals surface area contributed by atoms with Crippen molar-refractivity contribution in [2.45, 2.75) is 32.5 Å². The van der Waals surface area contributed by atoms with Gasteiger partial charge in [-0.05, 0) is 41.5 Å². The van der Waals surface area contributed by atoms with Crippen molar-refractivity contribution in [3.8, 4) is 0 Å². The maximum Gasteiger partial charge on any atom is 0.332 e. The van der Waals surface area contributed by atoms with Crippen LogP contribution in [-0.4, -0.2) is 17.2 Å². The number of halogens is 1. The summed E-state index contributed by atoms with van der Waals surface area (Å²) in [6.45, 7) is 4.00. The number of aliphatic carboxylic acids is 1. The average Bonchev–Trinajstić information content (AvgIpc) is 2.98. The van der Waals surface area contributed by atoms with E-state index in [-0.39, 0.29) is 12.0 Å². The molecule has 0 aliphatic heterocycles. The molecular formula is C17H19BrO3S. The Labute approximate surface area is 143 Å². The molecule has 1 N–H and O–H groups in total. The Hall–Kier alpha value is -1.17.